The van der Waals surface area contributed by atoms with E-state index in [9.17, 15) is 5.11 Å². The Morgan fingerprint density at radius 3 is 1.12 bits per heavy atom. The SMILES string of the molecule is CC1(C)c2ccc(O)cc2-c2ccc(N(c3ccccc3)c3ccccc3)cc21.COc1ccc2c(c1)-c1ccc(N(c3ccccc3)c3ccccc3)cc1C2(C)C.Cl.c1ccncc1. The Labute approximate surface area is 395 Å². The van der Waals surface area contributed by atoms with E-state index in [2.05, 4.69) is 212 Å². The average molecular weight is 885 g/mol. The third kappa shape index (κ3) is 8.78. The lowest BCUT2D eigenvalue weighted by Gasteiger charge is -2.28. The zero-order valence-corrected chi connectivity index (χ0v) is 38.8. The van der Waals surface area contributed by atoms with Gasteiger partial charge in [-0.1, -0.05) is 131 Å². The fraction of sp³-hybridized carbons (Fsp3) is 0.117. The topological polar surface area (TPSA) is 48.8 Å². The molecule has 1 heterocycles. The van der Waals surface area contributed by atoms with Crippen molar-refractivity contribution in [2.45, 2.75) is 38.5 Å². The van der Waals surface area contributed by atoms with E-state index < -0.39 is 0 Å². The van der Waals surface area contributed by atoms with Gasteiger partial charge in [-0.05, 0) is 154 Å². The molecule has 11 rings (SSSR count). The van der Waals surface area contributed by atoms with Gasteiger partial charge in [0.25, 0.3) is 0 Å². The average Bonchev–Trinajstić information content (AvgIpc) is 3.71. The summed E-state index contributed by atoms with van der Waals surface area (Å²) in [5.41, 5.74) is 16.8. The lowest BCUT2D eigenvalue weighted by atomic mass is 9.82. The molecule has 5 nitrogen and oxygen atoms in total. The van der Waals surface area contributed by atoms with Gasteiger partial charge < -0.3 is 19.6 Å². The molecule has 1 N–H and O–H groups in total. The van der Waals surface area contributed by atoms with Gasteiger partial charge >= 0.3 is 0 Å². The van der Waals surface area contributed by atoms with E-state index >= 15 is 0 Å². The monoisotopic (exact) mass is 883 g/mol. The number of ether oxygens (including phenoxy) is 1. The highest BCUT2D eigenvalue weighted by Gasteiger charge is 2.37. The maximum absolute atomic E-state index is 10.0. The largest absolute Gasteiger partial charge is 0.508 e. The molecule has 0 saturated carbocycles. The minimum absolute atomic E-state index is 0. The number of rotatable bonds is 7. The summed E-state index contributed by atoms with van der Waals surface area (Å²) in [6.45, 7) is 9.13. The van der Waals surface area contributed by atoms with E-state index in [1.165, 1.54) is 44.6 Å². The van der Waals surface area contributed by atoms with Crippen molar-refractivity contribution in [3.8, 4) is 33.8 Å². The predicted octanol–water partition coefficient (Wildman–Crippen LogP) is 16.1. The van der Waals surface area contributed by atoms with Gasteiger partial charge in [-0.25, -0.2) is 0 Å². The number of para-hydroxylation sites is 4. The summed E-state index contributed by atoms with van der Waals surface area (Å²) in [7, 11) is 1.73. The summed E-state index contributed by atoms with van der Waals surface area (Å²) in [4.78, 5) is 8.39. The number of hydrogen-bond acceptors (Lipinski definition) is 5. The first-order chi connectivity index (χ1) is 31.6. The zero-order chi connectivity index (χ0) is 45.0. The number of aromatic hydroxyl groups is 1. The van der Waals surface area contributed by atoms with Gasteiger partial charge in [0.05, 0.1) is 7.11 Å². The number of phenols is 1. The van der Waals surface area contributed by atoms with E-state index in [4.69, 9.17) is 4.74 Å². The van der Waals surface area contributed by atoms with Crippen LogP contribution in [-0.4, -0.2) is 17.2 Å². The van der Waals surface area contributed by atoms with E-state index in [1.54, 1.807) is 25.6 Å². The minimum Gasteiger partial charge on any atom is -0.508 e. The number of anilines is 6. The molecule has 2 aliphatic carbocycles. The highest BCUT2D eigenvalue weighted by molar-refractivity contribution is 5.88. The molecule has 0 radical (unpaired) electrons. The highest BCUT2D eigenvalue weighted by Crippen LogP contribution is 2.53. The van der Waals surface area contributed by atoms with Gasteiger partial charge in [0, 0.05) is 57.3 Å². The fourth-order valence-electron chi connectivity index (χ4n) is 9.37. The van der Waals surface area contributed by atoms with Crippen LogP contribution >= 0.6 is 12.4 Å². The Hall–Kier alpha value is -7.60. The van der Waals surface area contributed by atoms with Gasteiger partial charge in [0.2, 0.25) is 0 Å². The van der Waals surface area contributed by atoms with Crippen molar-refractivity contribution < 1.29 is 9.84 Å². The van der Waals surface area contributed by atoms with E-state index in [-0.39, 0.29) is 23.2 Å². The first kappa shape index (κ1) is 45.0. The van der Waals surface area contributed by atoms with Gasteiger partial charge in [-0.3, -0.25) is 4.98 Å². The molecule has 0 aliphatic heterocycles. The van der Waals surface area contributed by atoms with Crippen molar-refractivity contribution in [3.63, 3.8) is 0 Å². The molecule has 0 saturated heterocycles. The molecule has 6 heteroatoms. The van der Waals surface area contributed by atoms with Gasteiger partial charge in [-0.15, -0.1) is 12.4 Å². The second kappa shape index (κ2) is 19.2. The molecule has 8 aromatic carbocycles. The first-order valence-corrected chi connectivity index (χ1v) is 22.1. The lowest BCUT2D eigenvalue weighted by Crippen LogP contribution is -2.16. The predicted molar refractivity (Wildman–Crippen MR) is 277 cm³/mol. The molecule has 2 aliphatic rings. The molecular formula is C60H54ClN3O2. The summed E-state index contributed by atoms with van der Waals surface area (Å²) >= 11 is 0. The number of halogens is 1. The Bertz CT molecular complexity index is 2930. The molecule has 0 spiro atoms. The first-order valence-electron chi connectivity index (χ1n) is 22.1. The van der Waals surface area contributed by atoms with Crippen molar-refractivity contribution in [2.75, 3.05) is 16.9 Å². The number of phenolic OH excluding ortho intramolecular Hbond substituents is 1. The van der Waals surface area contributed by atoms with Crippen molar-refractivity contribution >= 4 is 46.5 Å². The molecule has 1 aromatic heterocycles. The molecule has 0 atom stereocenters. The minimum atomic E-state index is -0.118. The molecule has 0 bridgehead atoms. The summed E-state index contributed by atoms with van der Waals surface area (Å²) in [6.07, 6.45) is 3.50. The maximum atomic E-state index is 10.0. The maximum Gasteiger partial charge on any atom is 0.119 e. The number of pyridine rings is 1. The summed E-state index contributed by atoms with van der Waals surface area (Å²) in [5, 5.41) is 10.0. The summed E-state index contributed by atoms with van der Waals surface area (Å²) < 4.78 is 5.49. The van der Waals surface area contributed by atoms with Crippen LogP contribution in [0.25, 0.3) is 22.3 Å². The third-order valence-corrected chi connectivity index (χ3v) is 12.7. The van der Waals surface area contributed by atoms with Crippen LogP contribution in [-0.2, 0) is 10.8 Å². The summed E-state index contributed by atoms with van der Waals surface area (Å²) in [6, 6.07) is 73.4. The van der Waals surface area contributed by atoms with Crippen LogP contribution in [0, 0.1) is 0 Å². The number of methoxy groups -OCH3 is 1. The van der Waals surface area contributed by atoms with E-state index in [0.29, 0.717) is 5.75 Å². The van der Waals surface area contributed by atoms with Crippen LogP contribution in [0.3, 0.4) is 0 Å². The Morgan fingerprint density at radius 2 is 0.758 bits per heavy atom. The second-order valence-corrected chi connectivity index (χ2v) is 17.4. The molecule has 0 fully saturated rings. The molecule has 0 unspecified atom stereocenters. The van der Waals surface area contributed by atoms with Crippen LogP contribution in [0.4, 0.5) is 34.1 Å². The summed E-state index contributed by atoms with van der Waals surface area (Å²) in [5.74, 6) is 1.21. The molecule has 66 heavy (non-hydrogen) atoms. The van der Waals surface area contributed by atoms with Crippen molar-refractivity contribution in [3.05, 3.63) is 247 Å². The lowest BCUT2D eigenvalue weighted by molar-refractivity contribution is 0.414. The second-order valence-electron chi connectivity index (χ2n) is 17.4. The third-order valence-electron chi connectivity index (χ3n) is 12.7. The fourth-order valence-corrected chi connectivity index (χ4v) is 9.37. The van der Waals surface area contributed by atoms with Crippen LogP contribution in [0.15, 0.2) is 225 Å². The smallest absolute Gasteiger partial charge is 0.119 e. The van der Waals surface area contributed by atoms with E-state index in [0.717, 1.165) is 39.7 Å². The molecule has 9 aromatic rings. The van der Waals surface area contributed by atoms with Crippen molar-refractivity contribution in [1.82, 2.24) is 4.98 Å². The number of nitrogens with zero attached hydrogens (tertiary/aromatic N) is 3. The molecule has 0 amide bonds. The van der Waals surface area contributed by atoms with Crippen molar-refractivity contribution in [1.29, 1.82) is 0 Å². The van der Waals surface area contributed by atoms with Gasteiger partial charge in [-0.2, -0.15) is 0 Å². The normalized spacial score (nSPS) is 12.8. The van der Waals surface area contributed by atoms with Crippen LogP contribution in [0.5, 0.6) is 11.5 Å². The van der Waals surface area contributed by atoms with E-state index in [1.807, 2.05) is 36.4 Å². The number of fused-ring (bicyclic) bond motifs is 6. The number of hydrogen-bond donors (Lipinski definition) is 1. The van der Waals surface area contributed by atoms with Crippen molar-refractivity contribution in [2.24, 2.45) is 0 Å². The molecular weight excluding hydrogens is 830 g/mol. The van der Waals surface area contributed by atoms with Crippen LogP contribution in [0.1, 0.15) is 49.9 Å². The van der Waals surface area contributed by atoms with Crippen LogP contribution < -0.4 is 14.5 Å². The zero-order valence-electron chi connectivity index (χ0n) is 38.0. The Morgan fingerprint density at radius 1 is 0.379 bits per heavy atom. The standard InChI is InChI=1S/C28H25NO.C27H23NO.C5H5N.ClH/c1-28(2)26-17-15-23(30-3)19-25(26)24-16-14-22(18-27(24)28)29(20-10-6-4-7-11-20)21-12-8-5-9-13-21;1-27(2)25-16-14-22(29)18-24(25)23-15-13-21(17-26(23)27)28(19-9-5-3-6-10-19)20-11-7-4-8-12-20;1-2-4-6-5-3-1;/h4-19H,1-3H3;3-18,29H,1-2H3;1-5H;1H. The van der Waals surface area contributed by atoms with Gasteiger partial charge in [0.1, 0.15) is 11.5 Å². The highest BCUT2D eigenvalue weighted by atomic mass is 35.5. The Balaban J connectivity index is 0.000000157. The number of aromatic nitrogens is 1. The number of benzene rings is 8. The van der Waals surface area contributed by atoms with Gasteiger partial charge in [0.15, 0.2) is 0 Å². The quantitative estimate of drug-likeness (QED) is 0.173. The molecule has 328 valence electrons. The van der Waals surface area contributed by atoms with Crippen LogP contribution in [0.2, 0.25) is 0 Å². The Kier molecular flexibility index (Phi) is 13.1.